The maximum Gasteiger partial charge on any atom is 0.319 e. The van der Waals surface area contributed by atoms with Crippen molar-refractivity contribution >= 4 is 11.7 Å². The fraction of sp³-hybridized carbons (Fsp3) is 0.462. The summed E-state index contributed by atoms with van der Waals surface area (Å²) in [7, 11) is 1.57. The molecule has 1 unspecified atom stereocenters. The largest absolute Gasteiger partial charge is 0.497 e. The molecule has 1 atom stereocenters. The minimum Gasteiger partial charge on any atom is -0.497 e. The minimum atomic E-state index is -0.608. The number of ether oxygens (including phenoxy) is 1. The highest BCUT2D eigenvalue weighted by atomic mass is 16.5. The molecule has 0 aliphatic heterocycles. The van der Waals surface area contributed by atoms with Crippen molar-refractivity contribution in [3.63, 3.8) is 0 Å². The summed E-state index contributed by atoms with van der Waals surface area (Å²) in [6.07, 6.45) is 0.648. The van der Waals surface area contributed by atoms with Crippen molar-refractivity contribution in [3.05, 3.63) is 24.3 Å². The predicted octanol–water partition coefficient (Wildman–Crippen LogP) is 1.98. The number of hydrogen-bond donors (Lipinski definition) is 3. The Bertz CT molecular complexity index is 403. The van der Waals surface area contributed by atoms with Gasteiger partial charge in [-0.05, 0) is 25.5 Å². The average Bonchev–Trinajstić information content (AvgIpc) is 2.38. The fourth-order valence-electron chi connectivity index (χ4n) is 1.38. The lowest BCUT2D eigenvalue weighted by atomic mass is 10.0. The molecular weight excluding hydrogens is 232 g/mol. The first-order chi connectivity index (χ1) is 8.53. The number of benzene rings is 1. The van der Waals surface area contributed by atoms with Crippen molar-refractivity contribution in [2.24, 2.45) is 0 Å². The third-order valence-electron chi connectivity index (χ3n) is 2.87. The number of urea groups is 1. The van der Waals surface area contributed by atoms with Gasteiger partial charge in [0.2, 0.25) is 0 Å². The number of rotatable bonds is 5. The maximum absolute atomic E-state index is 11.8. The van der Waals surface area contributed by atoms with E-state index in [0.29, 0.717) is 17.9 Å². The molecule has 0 aliphatic carbocycles. The van der Waals surface area contributed by atoms with Crippen LogP contribution in [-0.4, -0.2) is 30.4 Å². The maximum atomic E-state index is 11.8. The highest BCUT2D eigenvalue weighted by molar-refractivity contribution is 5.89. The molecule has 0 saturated carbocycles. The molecule has 0 spiro atoms. The first-order valence-corrected chi connectivity index (χ1v) is 5.87. The Morgan fingerprint density at radius 2 is 2.22 bits per heavy atom. The second-order valence-corrected chi connectivity index (χ2v) is 4.38. The van der Waals surface area contributed by atoms with Crippen LogP contribution in [0.15, 0.2) is 24.3 Å². The fourth-order valence-corrected chi connectivity index (χ4v) is 1.38. The predicted molar refractivity (Wildman–Crippen MR) is 70.9 cm³/mol. The van der Waals surface area contributed by atoms with Gasteiger partial charge in [-0.3, -0.25) is 0 Å². The molecule has 1 aromatic rings. The Kier molecular flexibility index (Phi) is 4.97. The summed E-state index contributed by atoms with van der Waals surface area (Å²) in [5.41, 5.74) is 0.0337. The van der Waals surface area contributed by atoms with Crippen LogP contribution in [0.1, 0.15) is 20.3 Å². The Morgan fingerprint density at radius 1 is 1.50 bits per heavy atom. The number of carbonyl (C=O) groups excluding carboxylic acids is 1. The van der Waals surface area contributed by atoms with E-state index < -0.39 is 5.54 Å². The Morgan fingerprint density at radius 3 is 2.78 bits per heavy atom. The van der Waals surface area contributed by atoms with Crippen molar-refractivity contribution in [1.82, 2.24) is 5.32 Å². The zero-order chi connectivity index (χ0) is 13.6. The second kappa shape index (κ2) is 6.26. The van der Waals surface area contributed by atoms with Gasteiger partial charge in [-0.2, -0.15) is 0 Å². The molecule has 0 radical (unpaired) electrons. The van der Waals surface area contributed by atoms with E-state index in [4.69, 9.17) is 4.74 Å². The number of hydrogen-bond acceptors (Lipinski definition) is 3. The normalized spacial score (nSPS) is 13.6. The number of nitrogens with one attached hydrogen (secondary N) is 2. The van der Waals surface area contributed by atoms with Crippen molar-refractivity contribution in [1.29, 1.82) is 0 Å². The molecule has 0 saturated heterocycles. The summed E-state index contributed by atoms with van der Waals surface area (Å²) >= 11 is 0. The van der Waals surface area contributed by atoms with Crippen LogP contribution < -0.4 is 15.4 Å². The Balaban J connectivity index is 2.64. The standard InChI is InChI=1S/C13H20N2O3/c1-4-13(2,9-16)15-12(17)14-10-6-5-7-11(8-10)18-3/h5-8,16H,4,9H2,1-3H3,(H2,14,15,17). The SMILES string of the molecule is CCC(C)(CO)NC(=O)Nc1cccc(OC)c1. The van der Waals surface area contributed by atoms with Crippen LogP contribution in [0.2, 0.25) is 0 Å². The number of amides is 2. The molecule has 0 aliphatic rings. The van der Waals surface area contributed by atoms with Crippen LogP contribution >= 0.6 is 0 Å². The summed E-state index contributed by atoms with van der Waals surface area (Å²) in [6, 6.07) is 6.74. The molecule has 5 heteroatoms. The number of methoxy groups -OCH3 is 1. The van der Waals surface area contributed by atoms with E-state index in [9.17, 15) is 9.90 Å². The number of aliphatic hydroxyl groups excluding tert-OH is 1. The van der Waals surface area contributed by atoms with Gasteiger partial charge in [-0.1, -0.05) is 13.0 Å². The molecule has 18 heavy (non-hydrogen) atoms. The van der Waals surface area contributed by atoms with E-state index in [1.54, 1.807) is 38.3 Å². The minimum absolute atomic E-state index is 0.102. The van der Waals surface area contributed by atoms with Crippen LogP contribution in [0.25, 0.3) is 0 Å². The molecule has 0 fully saturated rings. The van der Waals surface area contributed by atoms with Crippen molar-refractivity contribution in [2.75, 3.05) is 19.0 Å². The van der Waals surface area contributed by atoms with E-state index in [1.165, 1.54) is 0 Å². The molecule has 3 N–H and O–H groups in total. The molecular formula is C13H20N2O3. The summed E-state index contributed by atoms with van der Waals surface area (Å²) in [5.74, 6) is 0.674. The van der Waals surface area contributed by atoms with E-state index in [2.05, 4.69) is 10.6 Å². The van der Waals surface area contributed by atoms with Gasteiger partial charge in [0.05, 0.1) is 19.3 Å². The van der Waals surface area contributed by atoms with Crippen LogP contribution in [-0.2, 0) is 0 Å². The van der Waals surface area contributed by atoms with Crippen molar-refractivity contribution in [2.45, 2.75) is 25.8 Å². The molecule has 100 valence electrons. The molecule has 2 amide bonds. The Hall–Kier alpha value is -1.75. The lowest BCUT2D eigenvalue weighted by Gasteiger charge is -2.27. The first kappa shape index (κ1) is 14.3. The average molecular weight is 252 g/mol. The van der Waals surface area contributed by atoms with E-state index in [-0.39, 0.29) is 12.6 Å². The van der Waals surface area contributed by atoms with Crippen molar-refractivity contribution < 1.29 is 14.6 Å². The lowest BCUT2D eigenvalue weighted by molar-refractivity contribution is 0.172. The third kappa shape index (κ3) is 3.92. The van der Waals surface area contributed by atoms with Gasteiger partial charge in [0.15, 0.2) is 0 Å². The van der Waals surface area contributed by atoms with Crippen molar-refractivity contribution in [3.8, 4) is 5.75 Å². The zero-order valence-electron chi connectivity index (χ0n) is 11.0. The summed E-state index contributed by atoms with van der Waals surface area (Å²) in [6.45, 7) is 3.59. The quantitative estimate of drug-likeness (QED) is 0.750. The number of carbonyl (C=O) groups is 1. The lowest BCUT2D eigenvalue weighted by Crippen LogP contribution is -2.50. The number of anilines is 1. The second-order valence-electron chi connectivity index (χ2n) is 4.38. The molecule has 0 heterocycles. The van der Waals surface area contributed by atoms with Crippen LogP contribution in [0.5, 0.6) is 5.75 Å². The summed E-state index contributed by atoms with van der Waals surface area (Å²) in [4.78, 5) is 11.8. The van der Waals surface area contributed by atoms with Crippen LogP contribution in [0.3, 0.4) is 0 Å². The van der Waals surface area contributed by atoms with Gasteiger partial charge in [0.25, 0.3) is 0 Å². The monoisotopic (exact) mass is 252 g/mol. The van der Waals surface area contributed by atoms with Gasteiger partial charge in [-0.15, -0.1) is 0 Å². The number of aliphatic hydroxyl groups is 1. The smallest absolute Gasteiger partial charge is 0.319 e. The van der Waals surface area contributed by atoms with Gasteiger partial charge < -0.3 is 20.5 Å². The molecule has 1 rings (SSSR count). The topological polar surface area (TPSA) is 70.6 Å². The van der Waals surface area contributed by atoms with E-state index in [1.807, 2.05) is 6.92 Å². The third-order valence-corrected chi connectivity index (χ3v) is 2.87. The van der Waals surface area contributed by atoms with Gasteiger partial charge in [0, 0.05) is 11.8 Å². The van der Waals surface area contributed by atoms with E-state index in [0.717, 1.165) is 0 Å². The highest BCUT2D eigenvalue weighted by Crippen LogP contribution is 2.17. The van der Waals surface area contributed by atoms with Crippen LogP contribution in [0, 0.1) is 0 Å². The molecule has 5 nitrogen and oxygen atoms in total. The highest BCUT2D eigenvalue weighted by Gasteiger charge is 2.23. The van der Waals surface area contributed by atoms with Crippen LogP contribution in [0.4, 0.5) is 10.5 Å². The van der Waals surface area contributed by atoms with Gasteiger partial charge in [-0.25, -0.2) is 4.79 Å². The molecule has 1 aromatic carbocycles. The molecule has 0 aromatic heterocycles. The van der Waals surface area contributed by atoms with Gasteiger partial charge >= 0.3 is 6.03 Å². The van der Waals surface area contributed by atoms with E-state index >= 15 is 0 Å². The summed E-state index contributed by atoms with van der Waals surface area (Å²) < 4.78 is 5.07. The Labute approximate surface area is 107 Å². The zero-order valence-corrected chi connectivity index (χ0v) is 11.0. The molecule has 0 bridgehead atoms. The first-order valence-electron chi connectivity index (χ1n) is 5.87. The van der Waals surface area contributed by atoms with Gasteiger partial charge in [0.1, 0.15) is 5.75 Å². The summed E-state index contributed by atoms with van der Waals surface area (Å²) in [5, 5.41) is 14.7.